The van der Waals surface area contributed by atoms with Crippen LogP contribution in [0, 0.1) is 0 Å². The minimum Gasteiger partial charge on any atom is -0.400 e. The van der Waals surface area contributed by atoms with Crippen LogP contribution in [-0.2, 0) is 4.79 Å². The molecular weight excluding hydrogens is 180 g/mol. The predicted molar refractivity (Wildman–Crippen MR) is 36.5 cm³/mol. The van der Waals surface area contributed by atoms with Crippen LogP contribution in [0.1, 0.15) is 13.8 Å². The predicted octanol–water partition coefficient (Wildman–Crippen LogP) is 1.72. The molecule has 0 aromatic heterocycles. The number of halogens is 4. The summed E-state index contributed by atoms with van der Waals surface area (Å²) in [6, 6.07) is 0. The van der Waals surface area contributed by atoms with Crippen molar-refractivity contribution in [2.75, 3.05) is 13.8 Å². The molecule has 0 fully saturated rings. The van der Waals surface area contributed by atoms with Gasteiger partial charge in [-0.25, -0.2) is 4.39 Å². The van der Waals surface area contributed by atoms with Gasteiger partial charge in [0, 0.05) is 7.11 Å². The molecule has 0 heterocycles. The number of aliphatic hydroxyl groups excluding tert-OH is 1. The van der Waals surface area contributed by atoms with Crippen molar-refractivity contribution < 1.29 is 27.5 Å². The van der Waals surface area contributed by atoms with Crippen LogP contribution < -0.4 is 0 Å². The average Bonchev–Trinajstić information content (AvgIpc) is 1.90. The maximum absolute atomic E-state index is 10.4. The number of hydrogen-bond acceptors (Lipinski definition) is 2. The summed E-state index contributed by atoms with van der Waals surface area (Å²) in [5, 5.41) is 7.00. The summed E-state index contributed by atoms with van der Waals surface area (Å²) >= 11 is 0. The van der Waals surface area contributed by atoms with Gasteiger partial charge in [0.2, 0.25) is 0 Å². The van der Waals surface area contributed by atoms with E-state index in [1.165, 1.54) is 13.8 Å². The van der Waals surface area contributed by atoms with Crippen molar-refractivity contribution in [1.29, 1.82) is 0 Å². The van der Waals surface area contributed by atoms with Crippen LogP contribution in [0.15, 0.2) is 0 Å². The average molecular weight is 192 g/mol. The number of alkyl halides is 4. The molecule has 0 aromatic carbocycles. The first-order valence-electron chi connectivity index (χ1n) is 2.84. The van der Waals surface area contributed by atoms with Crippen molar-refractivity contribution >= 4 is 5.78 Å². The highest BCUT2D eigenvalue weighted by Gasteiger charge is 2.26. The third-order valence-electron chi connectivity index (χ3n) is 0.152. The normalized spacial score (nSPS) is 8.67. The molecule has 0 spiro atoms. The van der Waals surface area contributed by atoms with Gasteiger partial charge in [0.05, 0.1) is 0 Å². The summed E-state index contributed by atoms with van der Waals surface area (Å²) in [5.74, 6) is 0.167. The Bertz CT molecular complexity index is 96.2. The van der Waals surface area contributed by atoms with Crippen molar-refractivity contribution in [3.8, 4) is 0 Å². The van der Waals surface area contributed by atoms with E-state index in [9.17, 15) is 22.4 Å². The largest absolute Gasteiger partial charge is 0.416 e. The van der Waals surface area contributed by atoms with E-state index < -0.39 is 12.9 Å². The number of aliphatic hydroxyl groups is 1. The lowest BCUT2D eigenvalue weighted by Gasteiger charge is -1.93. The lowest BCUT2D eigenvalue weighted by molar-refractivity contribution is -0.142. The molecule has 0 aliphatic heterocycles. The fourth-order valence-corrected chi connectivity index (χ4v) is 0. The van der Waals surface area contributed by atoms with E-state index in [4.69, 9.17) is 5.11 Å². The van der Waals surface area contributed by atoms with Crippen LogP contribution >= 0.6 is 0 Å². The van der Waals surface area contributed by atoms with Gasteiger partial charge < -0.3 is 9.90 Å². The molecule has 0 aliphatic rings. The Morgan fingerprint density at radius 3 is 1.33 bits per heavy atom. The number of ketones is 1. The Morgan fingerprint density at radius 2 is 1.33 bits per heavy atom. The Labute approximate surface area is 68.2 Å². The van der Waals surface area contributed by atoms with Crippen molar-refractivity contribution in [3.63, 3.8) is 0 Å². The van der Waals surface area contributed by atoms with Gasteiger partial charge in [0.15, 0.2) is 6.67 Å². The van der Waals surface area contributed by atoms with Crippen molar-refractivity contribution in [3.05, 3.63) is 0 Å². The van der Waals surface area contributed by atoms with Crippen LogP contribution in [0.4, 0.5) is 17.6 Å². The van der Waals surface area contributed by atoms with Gasteiger partial charge in [-0.15, -0.1) is 0 Å². The van der Waals surface area contributed by atoms with E-state index in [-0.39, 0.29) is 5.78 Å². The molecule has 0 saturated heterocycles. The van der Waals surface area contributed by atoms with E-state index in [0.717, 1.165) is 7.11 Å². The van der Waals surface area contributed by atoms with E-state index in [0.29, 0.717) is 0 Å². The maximum Gasteiger partial charge on any atom is 0.416 e. The zero-order valence-electron chi connectivity index (χ0n) is 7.07. The summed E-state index contributed by atoms with van der Waals surface area (Å²) in [5.41, 5.74) is 0. The number of carbonyl (C=O) groups is 1. The molecule has 0 aliphatic carbocycles. The first kappa shape index (κ1) is 17.4. The molecule has 0 aromatic rings. The maximum atomic E-state index is 10.4. The Balaban J connectivity index is -0.000000118. The topological polar surface area (TPSA) is 37.3 Å². The summed E-state index contributed by atoms with van der Waals surface area (Å²) in [4.78, 5) is 9.44. The molecule has 76 valence electrons. The molecule has 0 unspecified atom stereocenters. The fraction of sp³-hybridized carbons (Fsp3) is 0.833. The smallest absolute Gasteiger partial charge is 0.400 e. The molecule has 0 amide bonds. The molecule has 0 atom stereocenters. The summed E-state index contributed by atoms with van der Waals surface area (Å²) in [7, 11) is 1.00. The molecule has 1 N–H and O–H groups in total. The first-order valence-corrected chi connectivity index (χ1v) is 2.84. The fourth-order valence-electron chi connectivity index (χ4n) is 0. The van der Waals surface area contributed by atoms with Gasteiger partial charge in [-0.05, 0) is 13.8 Å². The zero-order chi connectivity index (χ0) is 10.8. The first-order chi connectivity index (χ1) is 5.29. The standard InChI is InChI=1S/C3H6O.C2H2F4.CH4O/c1-3(2)4;3-1-2(4,5)6;1-2/h1-2H3;1H2;2H,1H3. The van der Waals surface area contributed by atoms with Crippen molar-refractivity contribution in [1.82, 2.24) is 0 Å². The second-order valence-electron chi connectivity index (χ2n) is 1.66. The summed E-state index contributed by atoms with van der Waals surface area (Å²) in [6.07, 6.45) is -4.62. The van der Waals surface area contributed by atoms with Crippen LogP contribution in [0.3, 0.4) is 0 Å². The molecular formula is C6H12F4O2. The molecule has 12 heavy (non-hydrogen) atoms. The summed E-state index contributed by atoms with van der Waals surface area (Å²) in [6.45, 7) is 0.826. The third kappa shape index (κ3) is 118. The van der Waals surface area contributed by atoms with Crippen LogP contribution in [0.5, 0.6) is 0 Å². The highest BCUT2D eigenvalue weighted by molar-refractivity contribution is 5.72. The van der Waals surface area contributed by atoms with Gasteiger partial charge in [0.1, 0.15) is 5.78 Å². The van der Waals surface area contributed by atoms with E-state index in [1.54, 1.807) is 0 Å². The highest BCUT2D eigenvalue weighted by atomic mass is 19.4. The molecule has 0 rings (SSSR count). The van der Waals surface area contributed by atoms with Gasteiger partial charge in [0.25, 0.3) is 0 Å². The van der Waals surface area contributed by atoms with Gasteiger partial charge in [-0.1, -0.05) is 0 Å². The second kappa shape index (κ2) is 10.3. The van der Waals surface area contributed by atoms with Gasteiger partial charge >= 0.3 is 6.18 Å². The quantitative estimate of drug-likeness (QED) is 0.593. The Morgan fingerprint density at radius 1 is 1.25 bits per heavy atom. The Kier molecular flexibility index (Phi) is 15.0. The molecule has 2 nitrogen and oxygen atoms in total. The SMILES string of the molecule is CC(C)=O.CO.FCC(F)(F)F. The monoisotopic (exact) mass is 192 g/mol. The number of rotatable bonds is 0. The zero-order valence-corrected chi connectivity index (χ0v) is 7.07. The lowest BCUT2D eigenvalue weighted by atomic mass is 10.6. The van der Waals surface area contributed by atoms with Gasteiger partial charge in [-0.2, -0.15) is 13.2 Å². The third-order valence-corrected chi connectivity index (χ3v) is 0.152. The Hall–Kier alpha value is -0.650. The van der Waals surface area contributed by atoms with E-state index in [2.05, 4.69) is 0 Å². The van der Waals surface area contributed by atoms with E-state index >= 15 is 0 Å². The van der Waals surface area contributed by atoms with Crippen LogP contribution in [0.25, 0.3) is 0 Å². The second-order valence-corrected chi connectivity index (χ2v) is 1.66. The molecule has 6 heteroatoms. The molecule has 0 bridgehead atoms. The van der Waals surface area contributed by atoms with Crippen molar-refractivity contribution in [2.45, 2.75) is 20.0 Å². The van der Waals surface area contributed by atoms with E-state index in [1.807, 2.05) is 0 Å². The highest BCUT2D eigenvalue weighted by Crippen LogP contribution is 2.13. The molecule has 0 saturated carbocycles. The molecule has 0 radical (unpaired) electrons. The van der Waals surface area contributed by atoms with Crippen molar-refractivity contribution in [2.24, 2.45) is 0 Å². The number of Topliss-reactive ketones (excluding diaryl/α,β-unsaturated/α-hetero) is 1. The minimum atomic E-state index is -4.62. The minimum absolute atomic E-state index is 0.167. The van der Waals surface area contributed by atoms with Crippen LogP contribution in [0.2, 0.25) is 0 Å². The summed E-state index contributed by atoms with van der Waals surface area (Å²) < 4.78 is 41.6. The van der Waals surface area contributed by atoms with Crippen LogP contribution in [-0.4, -0.2) is 30.9 Å². The number of carbonyl (C=O) groups excluding carboxylic acids is 1. The van der Waals surface area contributed by atoms with Gasteiger partial charge in [-0.3, -0.25) is 0 Å². The lowest BCUT2D eigenvalue weighted by Crippen LogP contribution is -2.08. The number of hydrogen-bond donors (Lipinski definition) is 1.